The van der Waals surface area contributed by atoms with E-state index in [-0.39, 0.29) is 37.6 Å². The fourth-order valence-electron chi connectivity index (χ4n) is 2.93. The summed E-state index contributed by atoms with van der Waals surface area (Å²) in [5.41, 5.74) is -0.562. The zero-order chi connectivity index (χ0) is 30.5. The summed E-state index contributed by atoms with van der Waals surface area (Å²) in [4.78, 5) is 74.1. The van der Waals surface area contributed by atoms with E-state index < -0.39 is 73.7 Å². The second-order valence-electron chi connectivity index (χ2n) is 8.61. The average molecular weight is 571 g/mol. The van der Waals surface area contributed by atoms with E-state index in [1.165, 1.54) is 0 Å². The van der Waals surface area contributed by atoms with Crippen molar-refractivity contribution in [2.75, 3.05) is 39.6 Å². The van der Waals surface area contributed by atoms with E-state index in [4.69, 9.17) is 28.4 Å². The van der Waals surface area contributed by atoms with Crippen molar-refractivity contribution in [1.82, 2.24) is 0 Å². The molecule has 0 aromatic carbocycles. The monoisotopic (exact) mass is 570 g/mol. The van der Waals surface area contributed by atoms with Crippen LogP contribution >= 0.6 is 0 Å². The summed E-state index contributed by atoms with van der Waals surface area (Å²) in [6.45, 7) is 13.9. The Morgan fingerprint density at radius 3 is 1.07 bits per heavy atom. The van der Waals surface area contributed by atoms with Crippen LogP contribution in [-0.4, -0.2) is 75.5 Å². The number of hydrogen-bond donors (Lipinski definition) is 0. The summed E-state index contributed by atoms with van der Waals surface area (Å²) in [6, 6.07) is 0. The van der Waals surface area contributed by atoms with E-state index in [1.807, 2.05) is 0 Å². The van der Waals surface area contributed by atoms with Crippen LogP contribution in [0, 0.1) is 11.8 Å². The van der Waals surface area contributed by atoms with Crippen LogP contribution in [0.1, 0.15) is 66.2 Å². The van der Waals surface area contributed by atoms with Crippen LogP contribution in [0.2, 0.25) is 0 Å². The largest absolute Gasteiger partial charge is 0.466 e. The van der Waals surface area contributed by atoms with Crippen LogP contribution in [0.3, 0.4) is 0 Å². The standard InChI is InChI=1S/C28H42O12/c1-7-11-35-23(29)17-21(19(5)25(31)37-13-9-3)27(33)39-15-16-40-28(34)22(18-24(30)36-12-8-2)20(6)26(32)38-14-10-4/h21-22H,5-18H2,1-4H3. The normalized spacial score (nSPS) is 11.8. The van der Waals surface area contributed by atoms with Gasteiger partial charge in [-0.1, -0.05) is 40.9 Å². The van der Waals surface area contributed by atoms with E-state index in [2.05, 4.69) is 13.2 Å². The molecular formula is C28H42O12. The highest BCUT2D eigenvalue weighted by Crippen LogP contribution is 2.20. The number of rotatable bonds is 21. The third-order valence-electron chi connectivity index (χ3n) is 5.06. The lowest BCUT2D eigenvalue weighted by Crippen LogP contribution is -2.30. The first-order valence-corrected chi connectivity index (χ1v) is 13.4. The quantitative estimate of drug-likeness (QED) is 0.0861. The molecule has 0 bridgehead atoms. The van der Waals surface area contributed by atoms with Crippen molar-refractivity contribution < 1.29 is 57.2 Å². The smallest absolute Gasteiger partial charge is 0.334 e. The van der Waals surface area contributed by atoms with Gasteiger partial charge in [-0.15, -0.1) is 0 Å². The summed E-state index contributed by atoms with van der Waals surface area (Å²) in [5, 5.41) is 0. The molecule has 0 aliphatic rings. The molecule has 12 nitrogen and oxygen atoms in total. The fraction of sp³-hybridized carbons (Fsp3) is 0.643. The number of ether oxygens (including phenoxy) is 6. The van der Waals surface area contributed by atoms with Crippen LogP contribution in [0.4, 0.5) is 0 Å². The van der Waals surface area contributed by atoms with Crippen molar-refractivity contribution in [1.29, 1.82) is 0 Å². The van der Waals surface area contributed by atoms with Gasteiger partial charge in [0, 0.05) is 11.1 Å². The predicted octanol–water partition coefficient (Wildman–Crippen LogP) is 3.01. The summed E-state index contributed by atoms with van der Waals surface area (Å²) >= 11 is 0. The van der Waals surface area contributed by atoms with Gasteiger partial charge in [-0.3, -0.25) is 19.2 Å². The molecule has 0 aliphatic heterocycles. The van der Waals surface area contributed by atoms with Crippen molar-refractivity contribution in [3.05, 3.63) is 24.3 Å². The molecule has 0 saturated heterocycles. The molecule has 0 rings (SSSR count). The SMILES string of the molecule is C=C(C(=O)OCCC)C(CC(=O)OCCC)C(=O)OCCOC(=O)C(CC(=O)OCCC)C(=C)C(=O)OCCC. The summed E-state index contributed by atoms with van der Waals surface area (Å²) in [7, 11) is 0. The molecule has 0 fully saturated rings. The topological polar surface area (TPSA) is 158 Å². The second kappa shape index (κ2) is 21.2. The van der Waals surface area contributed by atoms with Crippen LogP contribution in [-0.2, 0) is 57.2 Å². The van der Waals surface area contributed by atoms with E-state index in [1.54, 1.807) is 27.7 Å². The maximum absolute atomic E-state index is 12.7. The number of carbonyl (C=O) groups excluding carboxylic acids is 6. The van der Waals surface area contributed by atoms with E-state index in [0.717, 1.165) is 0 Å². The molecule has 2 unspecified atom stereocenters. The van der Waals surface area contributed by atoms with Gasteiger partial charge in [-0.25, -0.2) is 9.59 Å². The van der Waals surface area contributed by atoms with Gasteiger partial charge in [-0.05, 0) is 25.7 Å². The van der Waals surface area contributed by atoms with Gasteiger partial charge in [0.15, 0.2) is 0 Å². The highest BCUT2D eigenvalue weighted by molar-refractivity contribution is 5.97. The number of hydrogen-bond acceptors (Lipinski definition) is 12. The first kappa shape index (κ1) is 36.3. The maximum atomic E-state index is 12.7. The Morgan fingerprint density at radius 1 is 0.475 bits per heavy atom. The van der Waals surface area contributed by atoms with Gasteiger partial charge in [0.1, 0.15) is 13.2 Å². The van der Waals surface area contributed by atoms with E-state index in [9.17, 15) is 28.8 Å². The molecule has 0 saturated carbocycles. The molecular weight excluding hydrogens is 528 g/mol. The highest BCUT2D eigenvalue weighted by Gasteiger charge is 2.33. The Hall–Kier alpha value is -3.70. The van der Waals surface area contributed by atoms with Crippen molar-refractivity contribution in [2.45, 2.75) is 66.2 Å². The Balaban J connectivity index is 5.28. The van der Waals surface area contributed by atoms with Crippen molar-refractivity contribution >= 4 is 35.8 Å². The summed E-state index contributed by atoms with van der Waals surface area (Å²) in [5.74, 6) is -7.88. The van der Waals surface area contributed by atoms with Gasteiger partial charge in [0.2, 0.25) is 0 Å². The molecule has 0 aromatic heterocycles. The van der Waals surface area contributed by atoms with Gasteiger partial charge < -0.3 is 28.4 Å². The molecule has 0 aromatic rings. The number of esters is 6. The lowest BCUT2D eigenvalue weighted by atomic mass is 9.97. The second-order valence-corrected chi connectivity index (χ2v) is 8.61. The molecule has 0 heterocycles. The zero-order valence-corrected chi connectivity index (χ0v) is 24.0. The van der Waals surface area contributed by atoms with Crippen molar-refractivity contribution in [3.63, 3.8) is 0 Å². The molecule has 40 heavy (non-hydrogen) atoms. The van der Waals surface area contributed by atoms with Crippen LogP contribution in [0.15, 0.2) is 24.3 Å². The Morgan fingerprint density at radius 2 is 0.775 bits per heavy atom. The van der Waals surface area contributed by atoms with Gasteiger partial charge in [0.25, 0.3) is 0 Å². The van der Waals surface area contributed by atoms with Crippen LogP contribution in [0.5, 0.6) is 0 Å². The van der Waals surface area contributed by atoms with Crippen molar-refractivity contribution in [3.8, 4) is 0 Å². The van der Waals surface area contributed by atoms with E-state index in [0.29, 0.717) is 25.7 Å². The molecule has 0 N–H and O–H groups in total. The first-order valence-electron chi connectivity index (χ1n) is 13.4. The molecule has 0 aliphatic carbocycles. The van der Waals surface area contributed by atoms with E-state index >= 15 is 0 Å². The third-order valence-corrected chi connectivity index (χ3v) is 5.06. The summed E-state index contributed by atoms with van der Waals surface area (Å²) in [6.07, 6.45) is 1.20. The molecule has 226 valence electrons. The van der Waals surface area contributed by atoms with Gasteiger partial charge in [-0.2, -0.15) is 0 Å². The third kappa shape index (κ3) is 14.5. The Bertz CT molecular complexity index is 820. The zero-order valence-electron chi connectivity index (χ0n) is 24.0. The molecule has 0 amide bonds. The predicted molar refractivity (Wildman–Crippen MR) is 141 cm³/mol. The lowest BCUT2D eigenvalue weighted by molar-refractivity contribution is -0.161. The maximum Gasteiger partial charge on any atom is 0.334 e. The molecule has 2 atom stereocenters. The Labute approximate surface area is 235 Å². The first-order chi connectivity index (χ1) is 19.0. The van der Waals surface area contributed by atoms with Crippen molar-refractivity contribution in [2.24, 2.45) is 11.8 Å². The Kier molecular flexibility index (Phi) is 19.2. The fourth-order valence-corrected chi connectivity index (χ4v) is 2.93. The minimum atomic E-state index is -1.38. The lowest BCUT2D eigenvalue weighted by Gasteiger charge is -2.18. The van der Waals surface area contributed by atoms with Gasteiger partial charge in [0.05, 0.1) is 51.1 Å². The average Bonchev–Trinajstić information content (AvgIpc) is 2.94. The molecule has 0 spiro atoms. The summed E-state index contributed by atoms with van der Waals surface area (Å²) < 4.78 is 30.2. The van der Waals surface area contributed by atoms with Crippen LogP contribution in [0.25, 0.3) is 0 Å². The minimum absolute atomic E-state index is 0.0975. The minimum Gasteiger partial charge on any atom is -0.466 e. The molecule has 12 heteroatoms. The van der Waals surface area contributed by atoms with Crippen LogP contribution < -0.4 is 0 Å². The van der Waals surface area contributed by atoms with Gasteiger partial charge >= 0.3 is 35.8 Å². The number of carbonyl (C=O) groups is 6. The molecule has 0 radical (unpaired) electrons. The highest BCUT2D eigenvalue weighted by atomic mass is 16.6.